The second-order valence-electron chi connectivity index (χ2n) is 9.12. The van der Waals surface area contributed by atoms with E-state index in [0.29, 0.717) is 35.1 Å². The van der Waals surface area contributed by atoms with Crippen molar-refractivity contribution in [3.05, 3.63) is 24.3 Å². The van der Waals surface area contributed by atoms with E-state index in [0.717, 1.165) is 38.8 Å². The molecular formula is C24H43N4O5+. The lowest BCUT2D eigenvalue weighted by atomic mass is 10.1. The van der Waals surface area contributed by atoms with Crippen LogP contribution in [0.2, 0.25) is 0 Å². The average molecular weight is 468 g/mol. The van der Waals surface area contributed by atoms with Gasteiger partial charge in [0, 0.05) is 37.1 Å². The molecular weight excluding hydrogens is 424 g/mol. The van der Waals surface area contributed by atoms with Crippen molar-refractivity contribution in [2.24, 2.45) is 0 Å². The van der Waals surface area contributed by atoms with E-state index in [-0.39, 0.29) is 30.2 Å². The summed E-state index contributed by atoms with van der Waals surface area (Å²) in [7, 11) is 4.12. The fourth-order valence-corrected chi connectivity index (χ4v) is 3.23. The molecule has 0 aromatic carbocycles. The van der Waals surface area contributed by atoms with Crippen molar-refractivity contribution in [2.45, 2.75) is 65.0 Å². The van der Waals surface area contributed by atoms with Crippen LogP contribution in [0, 0.1) is 0 Å². The normalized spacial score (nSPS) is 12.0. The quantitative estimate of drug-likeness (QED) is 0.0754. The van der Waals surface area contributed by atoms with Crippen LogP contribution in [0.15, 0.2) is 24.3 Å². The second kappa shape index (κ2) is 16.1. The van der Waals surface area contributed by atoms with Crippen molar-refractivity contribution in [2.75, 3.05) is 40.3 Å². The number of carbonyl (C=O) groups excluding carboxylic acids is 3. The molecule has 0 radical (unpaired) electrons. The van der Waals surface area contributed by atoms with Crippen LogP contribution in [0.25, 0.3) is 0 Å². The lowest BCUT2D eigenvalue weighted by molar-refractivity contribution is -0.917. The third-order valence-electron chi connectivity index (χ3n) is 5.37. The lowest BCUT2D eigenvalue weighted by Gasteiger charge is -2.38. The van der Waals surface area contributed by atoms with Crippen molar-refractivity contribution in [3.63, 3.8) is 0 Å². The molecule has 0 aromatic rings. The van der Waals surface area contributed by atoms with Gasteiger partial charge in [0.15, 0.2) is 6.17 Å². The van der Waals surface area contributed by atoms with Crippen LogP contribution in [-0.4, -0.2) is 79.6 Å². The summed E-state index contributed by atoms with van der Waals surface area (Å²) >= 11 is 0. The number of nitrogens with zero attached hydrogens (tertiary/aromatic N) is 1. The van der Waals surface area contributed by atoms with Crippen molar-refractivity contribution >= 4 is 23.6 Å². The van der Waals surface area contributed by atoms with E-state index in [1.165, 1.54) is 0 Å². The first-order valence-electron chi connectivity index (χ1n) is 11.5. The van der Waals surface area contributed by atoms with E-state index in [2.05, 4.69) is 43.2 Å². The largest absolute Gasteiger partial charge is 0.481 e. The zero-order chi connectivity index (χ0) is 25.4. The van der Waals surface area contributed by atoms with Gasteiger partial charge in [-0.2, -0.15) is 0 Å². The van der Waals surface area contributed by atoms with Crippen molar-refractivity contribution in [1.82, 2.24) is 16.0 Å². The van der Waals surface area contributed by atoms with Crippen molar-refractivity contribution in [1.29, 1.82) is 0 Å². The highest BCUT2D eigenvalue weighted by Gasteiger charge is 2.29. The second-order valence-corrected chi connectivity index (χ2v) is 9.12. The molecule has 0 aliphatic carbocycles. The summed E-state index contributed by atoms with van der Waals surface area (Å²) in [5.41, 5.74) is 0.948. The molecule has 0 aromatic heterocycles. The molecule has 0 bridgehead atoms. The maximum atomic E-state index is 12.3. The highest BCUT2D eigenvalue weighted by Crippen LogP contribution is 2.13. The van der Waals surface area contributed by atoms with Crippen LogP contribution in [0.3, 0.4) is 0 Å². The summed E-state index contributed by atoms with van der Waals surface area (Å²) in [4.78, 5) is 45.8. The van der Waals surface area contributed by atoms with Gasteiger partial charge >= 0.3 is 5.97 Å². The Morgan fingerprint density at radius 1 is 0.879 bits per heavy atom. The summed E-state index contributed by atoms with van der Waals surface area (Å²) in [5.74, 6) is -1.64. The zero-order valence-electron chi connectivity index (χ0n) is 20.8. The van der Waals surface area contributed by atoms with E-state index >= 15 is 0 Å². The number of Topliss-reactive ketones (excluding diaryl/α,β-unsaturated/α-hetero) is 1. The number of ketones is 1. The number of hydrogen-bond donors (Lipinski definition) is 4. The number of hydrogen-bond acceptors (Lipinski definition) is 5. The van der Waals surface area contributed by atoms with Crippen LogP contribution < -0.4 is 16.0 Å². The van der Waals surface area contributed by atoms with E-state index in [4.69, 9.17) is 5.11 Å². The standard InChI is InChI=1S/C24H42N4O5/c1-18(2)23(32)26-14-10-13-25-15-12-21(27-24(33)19(3)4)28(5,6)16-9-7-8-11-20(29)17-22(30)31/h21,25H,1,3,7-17H2,2,4-6H3,(H2-,26,27,30,31,32,33)/p+1. The molecule has 9 nitrogen and oxygen atoms in total. The molecule has 1 unspecified atom stereocenters. The SMILES string of the molecule is C=C(C)C(=O)NCCCNCCC(NC(=O)C(=C)C)[N+](C)(C)CCCCCC(=O)CC(=O)O. The summed E-state index contributed by atoms with van der Waals surface area (Å²) < 4.78 is 0.582. The molecule has 0 saturated heterocycles. The number of amides is 2. The lowest BCUT2D eigenvalue weighted by Crippen LogP contribution is -2.58. The van der Waals surface area contributed by atoms with Gasteiger partial charge in [0.1, 0.15) is 12.2 Å². The van der Waals surface area contributed by atoms with Crippen LogP contribution in [0.1, 0.15) is 58.8 Å². The topological polar surface area (TPSA) is 125 Å². The Balaban J connectivity index is 4.49. The number of quaternary nitrogens is 1. The number of carbonyl (C=O) groups is 4. The predicted octanol–water partition coefficient (Wildman–Crippen LogP) is 1.75. The van der Waals surface area contributed by atoms with Crippen LogP contribution in [0.4, 0.5) is 0 Å². The van der Waals surface area contributed by atoms with Gasteiger partial charge < -0.3 is 25.5 Å². The van der Waals surface area contributed by atoms with E-state index in [1.807, 2.05) is 0 Å². The van der Waals surface area contributed by atoms with Crippen molar-refractivity contribution < 1.29 is 28.8 Å². The molecule has 188 valence electrons. The third-order valence-corrected chi connectivity index (χ3v) is 5.37. The summed E-state index contributed by atoms with van der Waals surface area (Å²) in [6.07, 6.45) is 3.62. The fourth-order valence-electron chi connectivity index (χ4n) is 3.23. The Bertz CT molecular complexity index is 703. The van der Waals surface area contributed by atoms with Gasteiger partial charge in [-0.25, -0.2) is 0 Å². The first kappa shape index (κ1) is 30.5. The van der Waals surface area contributed by atoms with E-state index in [9.17, 15) is 19.2 Å². The average Bonchev–Trinajstić information content (AvgIpc) is 2.70. The van der Waals surface area contributed by atoms with Gasteiger partial charge in [-0.05, 0) is 46.1 Å². The van der Waals surface area contributed by atoms with E-state index < -0.39 is 12.4 Å². The monoisotopic (exact) mass is 467 g/mol. The van der Waals surface area contributed by atoms with Gasteiger partial charge in [-0.15, -0.1) is 0 Å². The Kier molecular flexibility index (Phi) is 14.9. The van der Waals surface area contributed by atoms with Gasteiger partial charge in [0.05, 0.1) is 20.6 Å². The van der Waals surface area contributed by atoms with Gasteiger partial charge in [-0.1, -0.05) is 13.2 Å². The summed E-state index contributed by atoms with van der Waals surface area (Å²) in [6.45, 7) is 13.5. The maximum absolute atomic E-state index is 12.3. The van der Waals surface area contributed by atoms with Crippen LogP contribution in [0.5, 0.6) is 0 Å². The molecule has 0 spiro atoms. The Morgan fingerprint density at radius 2 is 1.52 bits per heavy atom. The molecule has 0 fully saturated rings. The van der Waals surface area contributed by atoms with Gasteiger partial charge in [0.25, 0.3) is 5.91 Å². The van der Waals surface area contributed by atoms with Crippen LogP contribution in [-0.2, 0) is 19.2 Å². The number of carboxylic acid groups (broad SMARTS) is 1. The summed E-state index contributed by atoms with van der Waals surface area (Å²) in [6, 6.07) is 0. The Morgan fingerprint density at radius 3 is 2.09 bits per heavy atom. The predicted molar refractivity (Wildman–Crippen MR) is 129 cm³/mol. The molecule has 0 rings (SSSR count). The number of nitrogens with one attached hydrogen (secondary N) is 3. The first-order valence-corrected chi connectivity index (χ1v) is 11.5. The molecule has 2 amide bonds. The van der Waals surface area contributed by atoms with Gasteiger partial charge in [0.2, 0.25) is 5.91 Å². The molecule has 0 heterocycles. The minimum atomic E-state index is -1.08. The molecule has 0 aliphatic heterocycles. The molecule has 0 aliphatic rings. The van der Waals surface area contributed by atoms with Gasteiger partial charge in [-0.3, -0.25) is 19.2 Å². The number of rotatable bonds is 19. The minimum Gasteiger partial charge on any atom is -0.481 e. The van der Waals surface area contributed by atoms with E-state index in [1.54, 1.807) is 13.8 Å². The van der Waals surface area contributed by atoms with Crippen molar-refractivity contribution in [3.8, 4) is 0 Å². The molecule has 9 heteroatoms. The molecule has 4 N–H and O–H groups in total. The number of carboxylic acids is 1. The number of aliphatic carboxylic acids is 1. The zero-order valence-corrected chi connectivity index (χ0v) is 20.8. The number of unbranched alkanes of at least 4 members (excludes halogenated alkanes) is 2. The smallest absolute Gasteiger partial charge is 0.310 e. The Hall–Kier alpha value is -2.52. The Labute approximate surface area is 198 Å². The molecule has 33 heavy (non-hydrogen) atoms. The maximum Gasteiger partial charge on any atom is 0.310 e. The first-order chi connectivity index (χ1) is 15.4. The highest BCUT2D eigenvalue weighted by atomic mass is 16.4. The highest BCUT2D eigenvalue weighted by molar-refractivity contribution is 5.94. The fraction of sp³-hybridized carbons (Fsp3) is 0.667. The third kappa shape index (κ3) is 15.0. The van der Waals surface area contributed by atoms with Crippen LogP contribution >= 0.6 is 0 Å². The minimum absolute atomic E-state index is 0.113. The summed E-state index contributed by atoms with van der Waals surface area (Å²) in [5, 5.41) is 17.9. The molecule has 0 saturated carbocycles. The molecule has 1 atom stereocenters.